The minimum Gasteiger partial charge on any atom is -0.371 e. The van der Waals surface area contributed by atoms with Crippen LogP contribution in [0.5, 0.6) is 0 Å². The quantitative estimate of drug-likeness (QED) is 0.824. The van der Waals surface area contributed by atoms with Crippen molar-refractivity contribution in [2.45, 2.75) is 32.1 Å². The third-order valence-electron chi connectivity index (χ3n) is 4.41. The first-order chi connectivity index (χ1) is 11.0. The first-order valence-corrected chi connectivity index (χ1v) is 9.40. The molecule has 0 unspecified atom stereocenters. The van der Waals surface area contributed by atoms with Crippen LogP contribution in [-0.4, -0.2) is 54.7 Å². The van der Waals surface area contributed by atoms with E-state index in [0.29, 0.717) is 19.5 Å². The number of rotatable bonds is 5. The molecule has 2 saturated heterocycles. The number of nitrogens with one attached hydrogen (secondary N) is 1. The average Bonchev–Trinajstić information content (AvgIpc) is 2.87. The van der Waals surface area contributed by atoms with Gasteiger partial charge in [-0.05, 0) is 25.0 Å². The van der Waals surface area contributed by atoms with Gasteiger partial charge < -0.3 is 10.1 Å². The van der Waals surface area contributed by atoms with E-state index < -0.39 is 10.0 Å². The van der Waals surface area contributed by atoms with E-state index in [2.05, 4.69) is 10.3 Å². The number of fused-ring (bicyclic) bond motifs is 2. The van der Waals surface area contributed by atoms with Crippen LogP contribution in [0.15, 0.2) is 24.5 Å². The molecule has 8 heteroatoms. The normalized spacial score (nSPS) is 27.8. The van der Waals surface area contributed by atoms with Gasteiger partial charge in [0.05, 0.1) is 23.9 Å². The first kappa shape index (κ1) is 16.4. The van der Waals surface area contributed by atoms with Crippen LogP contribution in [0, 0.1) is 5.92 Å². The van der Waals surface area contributed by atoms with E-state index in [1.165, 1.54) is 4.31 Å². The number of amides is 1. The van der Waals surface area contributed by atoms with Gasteiger partial charge in [0, 0.05) is 32.0 Å². The van der Waals surface area contributed by atoms with Gasteiger partial charge in [0.15, 0.2) is 0 Å². The SMILES string of the molecule is CCS(=O)(=O)N1C[C@@H]2C[C@@H](C(=O)NCc3cccnc3)[C@H](C1)O2. The Labute approximate surface area is 136 Å². The molecular formula is C15H21N3O4S. The lowest BCUT2D eigenvalue weighted by atomic mass is 9.99. The average molecular weight is 339 g/mol. The fourth-order valence-electron chi connectivity index (χ4n) is 3.13. The number of ether oxygens (including phenoxy) is 1. The number of sulfonamides is 1. The second-order valence-electron chi connectivity index (χ2n) is 5.94. The van der Waals surface area contributed by atoms with Crippen molar-refractivity contribution in [3.05, 3.63) is 30.1 Å². The van der Waals surface area contributed by atoms with Gasteiger partial charge in [0.25, 0.3) is 0 Å². The summed E-state index contributed by atoms with van der Waals surface area (Å²) in [5.41, 5.74) is 0.929. The van der Waals surface area contributed by atoms with Crippen LogP contribution in [-0.2, 0) is 26.1 Å². The van der Waals surface area contributed by atoms with Gasteiger partial charge >= 0.3 is 0 Å². The van der Waals surface area contributed by atoms with Crippen molar-refractivity contribution in [1.82, 2.24) is 14.6 Å². The highest BCUT2D eigenvalue weighted by molar-refractivity contribution is 7.89. The van der Waals surface area contributed by atoms with E-state index in [0.717, 1.165) is 5.56 Å². The van der Waals surface area contributed by atoms with Crippen molar-refractivity contribution in [2.75, 3.05) is 18.8 Å². The standard InChI is InChI=1S/C15H21N3O4S/c1-2-23(20,21)18-9-12-6-13(14(10-18)22-12)15(19)17-8-11-4-3-5-16-7-11/h3-5,7,12-14H,2,6,8-10H2,1H3,(H,17,19)/t12-,13+,14-/m0/s1. The third kappa shape index (κ3) is 3.54. The summed E-state index contributed by atoms with van der Waals surface area (Å²) in [5, 5.41) is 2.89. The van der Waals surface area contributed by atoms with Crippen LogP contribution in [0.3, 0.4) is 0 Å². The Bertz CT molecular complexity index is 665. The molecule has 0 saturated carbocycles. The Balaban J connectivity index is 1.61. The summed E-state index contributed by atoms with van der Waals surface area (Å²) in [6.45, 7) is 2.65. The number of aromatic nitrogens is 1. The number of hydrogen-bond donors (Lipinski definition) is 1. The zero-order chi connectivity index (χ0) is 16.4. The van der Waals surface area contributed by atoms with Crippen LogP contribution in [0.4, 0.5) is 0 Å². The molecule has 126 valence electrons. The molecule has 3 rings (SSSR count). The van der Waals surface area contributed by atoms with Crippen LogP contribution in [0.2, 0.25) is 0 Å². The molecule has 2 aliphatic rings. The van der Waals surface area contributed by atoms with E-state index in [4.69, 9.17) is 4.74 Å². The smallest absolute Gasteiger partial charge is 0.226 e. The fourth-order valence-corrected chi connectivity index (χ4v) is 4.26. The Morgan fingerprint density at radius 1 is 1.48 bits per heavy atom. The highest BCUT2D eigenvalue weighted by atomic mass is 32.2. The van der Waals surface area contributed by atoms with Crippen LogP contribution in [0.1, 0.15) is 18.9 Å². The molecule has 1 N–H and O–H groups in total. The lowest BCUT2D eigenvalue weighted by molar-refractivity contribution is -0.127. The zero-order valence-electron chi connectivity index (χ0n) is 13.0. The van der Waals surface area contributed by atoms with Crippen molar-refractivity contribution in [3.8, 4) is 0 Å². The maximum atomic E-state index is 12.4. The van der Waals surface area contributed by atoms with Gasteiger partial charge in [-0.1, -0.05) is 6.07 Å². The van der Waals surface area contributed by atoms with Gasteiger partial charge in [-0.25, -0.2) is 8.42 Å². The minimum atomic E-state index is -3.24. The van der Waals surface area contributed by atoms with E-state index in [9.17, 15) is 13.2 Å². The van der Waals surface area contributed by atoms with E-state index >= 15 is 0 Å². The van der Waals surface area contributed by atoms with Gasteiger partial charge in [-0.3, -0.25) is 9.78 Å². The Morgan fingerprint density at radius 3 is 3.00 bits per heavy atom. The van der Waals surface area contributed by atoms with Gasteiger partial charge in [0.2, 0.25) is 15.9 Å². The van der Waals surface area contributed by atoms with E-state index in [-0.39, 0.29) is 36.3 Å². The van der Waals surface area contributed by atoms with Crippen LogP contribution < -0.4 is 5.32 Å². The molecule has 3 atom stereocenters. The lowest BCUT2D eigenvalue weighted by Crippen LogP contribution is -2.48. The van der Waals surface area contributed by atoms with Crippen LogP contribution in [0.25, 0.3) is 0 Å². The van der Waals surface area contributed by atoms with Gasteiger partial charge in [-0.15, -0.1) is 0 Å². The number of nitrogens with zero attached hydrogens (tertiary/aromatic N) is 2. The fraction of sp³-hybridized carbons (Fsp3) is 0.600. The molecular weight excluding hydrogens is 318 g/mol. The molecule has 0 spiro atoms. The van der Waals surface area contributed by atoms with E-state index in [1.54, 1.807) is 19.3 Å². The second-order valence-corrected chi connectivity index (χ2v) is 8.19. The molecule has 1 aromatic heterocycles. The van der Waals surface area contributed by atoms with Crippen molar-refractivity contribution in [1.29, 1.82) is 0 Å². The number of morpholine rings is 1. The summed E-state index contributed by atoms with van der Waals surface area (Å²) < 4.78 is 31.3. The van der Waals surface area contributed by atoms with Gasteiger partial charge in [-0.2, -0.15) is 4.31 Å². The Morgan fingerprint density at radius 2 is 2.30 bits per heavy atom. The van der Waals surface area contributed by atoms with Gasteiger partial charge in [0.1, 0.15) is 0 Å². The Kier molecular flexibility index (Phi) is 4.65. The summed E-state index contributed by atoms with van der Waals surface area (Å²) in [6, 6.07) is 3.72. The van der Waals surface area contributed by atoms with Crippen molar-refractivity contribution < 1.29 is 17.9 Å². The molecule has 2 fully saturated rings. The predicted molar refractivity (Wildman–Crippen MR) is 83.9 cm³/mol. The summed E-state index contributed by atoms with van der Waals surface area (Å²) in [7, 11) is -3.24. The monoisotopic (exact) mass is 339 g/mol. The molecule has 0 radical (unpaired) electrons. The van der Waals surface area contributed by atoms with Crippen molar-refractivity contribution >= 4 is 15.9 Å². The summed E-state index contributed by atoms with van der Waals surface area (Å²) in [5.74, 6) is -0.310. The first-order valence-electron chi connectivity index (χ1n) is 7.79. The molecule has 0 aliphatic carbocycles. The predicted octanol–water partition coefficient (Wildman–Crippen LogP) is 0.137. The topological polar surface area (TPSA) is 88.6 Å². The summed E-state index contributed by atoms with van der Waals surface area (Å²) in [6.07, 6.45) is 3.41. The van der Waals surface area contributed by atoms with E-state index in [1.807, 2.05) is 12.1 Å². The Hall–Kier alpha value is -1.51. The molecule has 7 nitrogen and oxygen atoms in total. The number of pyridine rings is 1. The van der Waals surface area contributed by atoms with Crippen molar-refractivity contribution in [2.24, 2.45) is 5.92 Å². The highest BCUT2D eigenvalue weighted by Crippen LogP contribution is 2.33. The molecule has 0 aromatic carbocycles. The third-order valence-corrected chi connectivity index (χ3v) is 6.22. The molecule has 3 heterocycles. The number of carbonyl (C=O) groups is 1. The highest BCUT2D eigenvalue weighted by Gasteiger charge is 2.46. The maximum absolute atomic E-state index is 12.4. The zero-order valence-corrected chi connectivity index (χ0v) is 13.8. The maximum Gasteiger partial charge on any atom is 0.226 e. The van der Waals surface area contributed by atoms with Crippen molar-refractivity contribution in [3.63, 3.8) is 0 Å². The largest absolute Gasteiger partial charge is 0.371 e. The minimum absolute atomic E-state index is 0.0737. The molecule has 2 aliphatic heterocycles. The molecule has 23 heavy (non-hydrogen) atoms. The number of carbonyl (C=O) groups excluding carboxylic acids is 1. The number of hydrogen-bond acceptors (Lipinski definition) is 5. The summed E-state index contributed by atoms with van der Waals surface area (Å²) in [4.78, 5) is 16.4. The van der Waals surface area contributed by atoms with Crippen LogP contribution >= 0.6 is 0 Å². The lowest BCUT2D eigenvalue weighted by Gasteiger charge is -2.31. The summed E-state index contributed by atoms with van der Waals surface area (Å²) >= 11 is 0. The molecule has 2 bridgehead atoms. The molecule has 1 amide bonds. The molecule has 1 aromatic rings. The second kappa shape index (κ2) is 6.54.